The predicted octanol–water partition coefficient (Wildman–Crippen LogP) is 4.76. The Morgan fingerprint density at radius 2 is 1.83 bits per heavy atom. The number of aryl methyl sites for hydroxylation is 1. The molecule has 0 N–H and O–H groups in total. The largest absolute Gasteiger partial charge is 0.497 e. The quantitative estimate of drug-likeness (QED) is 0.569. The summed E-state index contributed by atoms with van der Waals surface area (Å²) in [6, 6.07) is 18.3. The summed E-state index contributed by atoms with van der Waals surface area (Å²) < 4.78 is 11.0. The third kappa shape index (κ3) is 5.09. The topological polar surface area (TPSA) is 55.6 Å². The number of rotatable bonds is 7. The molecular weight excluding hydrogens is 376 g/mol. The molecule has 0 unspecified atom stereocenters. The van der Waals surface area contributed by atoms with Crippen LogP contribution in [0.3, 0.4) is 0 Å². The van der Waals surface area contributed by atoms with E-state index in [1.54, 1.807) is 13.3 Å². The number of hydrogen-bond acceptors (Lipinski definition) is 4. The summed E-state index contributed by atoms with van der Waals surface area (Å²) in [6.07, 6.45) is 5.93. The number of benzene rings is 2. The lowest BCUT2D eigenvalue weighted by Crippen LogP contribution is -2.39. The molecule has 1 fully saturated rings. The van der Waals surface area contributed by atoms with E-state index in [0.29, 0.717) is 30.4 Å². The van der Waals surface area contributed by atoms with Crippen molar-refractivity contribution in [2.24, 2.45) is 5.92 Å². The van der Waals surface area contributed by atoms with Crippen molar-refractivity contribution < 1.29 is 13.9 Å². The highest BCUT2D eigenvalue weighted by Crippen LogP contribution is 2.25. The maximum Gasteiger partial charge on any atom is 0.223 e. The Bertz CT molecular complexity index is 942. The Morgan fingerprint density at radius 3 is 2.53 bits per heavy atom. The summed E-state index contributed by atoms with van der Waals surface area (Å²) >= 11 is 0. The SMILES string of the molecule is COc1ccc(-c2cnc(CCC(=O)N3CCC(Cc4ccccc4)CC3)o2)cc1. The minimum Gasteiger partial charge on any atom is -0.497 e. The van der Waals surface area contributed by atoms with E-state index in [0.717, 1.165) is 43.7 Å². The van der Waals surface area contributed by atoms with Crippen LogP contribution in [0.15, 0.2) is 65.2 Å². The van der Waals surface area contributed by atoms with Crippen LogP contribution < -0.4 is 4.74 Å². The second-order valence-electron chi connectivity index (χ2n) is 7.86. The van der Waals surface area contributed by atoms with Crippen LogP contribution in [-0.2, 0) is 17.6 Å². The first kappa shape index (κ1) is 20.2. The van der Waals surface area contributed by atoms with E-state index in [4.69, 9.17) is 9.15 Å². The van der Waals surface area contributed by atoms with Crippen LogP contribution in [0.2, 0.25) is 0 Å². The zero-order chi connectivity index (χ0) is 20.8. The number of methoxy groups -OCH3 is 1. The Kier molecular flexibility index (Phi) is 6.47. The third-order valence-corrected chi connectivity index (χ3v) is 5.82. The number of nitrogens with zero attached hydrogens (tertiary/aromatic N) is 2. The van der Waals surface area contributed by atoms with Gasteiger partial charge >= 0.3 is 0 Å². The molecule has 0 aliphatic carbocycles. The first-order chi connectivity index (χ1) is 14.7. The Balaban J connectivity index is 1.24. The van der Waals surface area contributed by atoms with E-state index in [1.165, 1.54) is 5.56 Å². The molecule has 3 aromatic rings. The van der Waals surface area contributed by atoms with Gasteiger partial charge in [0.25, 0.3) is 0 Å². The van der Waals surface area contributed by atoms with Crippen LogP contribution in [0.4, 0.5) is 0 Å². The lowest BCUT2D eigenvalue weighted by atomic mass is 9.90. The van der Waals surface area contributed by atoms with E-state index in [-0.39, 0.29) is 5.91 Å². The Hall–Kier alpha value is -3.08. The molecule has 1 aliphatic rings. The van der Waals surface area contributed by atoms with Gasteiger partial charge in [0.1, 0.15) is 5.75 Å². The molecule has 30 heavy (non-hydrogen) atoms. The van der Waals surface area contributed by atoms with Crippen molar-refractivity contribution in [3.8, 4) is 17.1 Å². The smallest absolute Gasteiger partial charge is 0.223 e. The molecule has 1 aliphatic heterocycles. The number of carbonyl (C=O) groups excluding carboxylic acids is 1. The van der Waals surface area contributed by atoms with Gasteiger partial charge in [0.2, 0.25) is 5.91 Å². The molecule has 0 bridgehead atoms. The zero-order valence-corrected chi connectivity index (χ0v) is 17.4. The standard InChI is InChI=1S/C25H28N2O3/c1-29-22-9-7-21(8-10-22)23-18-26-24(30-23)11-12-25(28)27-15-13-20(14-16-27)17-19-5-3-2-4-6-19/h2-10,18,20H,11-17H2,1H3. The zero-order valence-electron chi connectivity index (χ0n) is 17.4. The van der Waals surface area contributed by atoms with Crippen molar-refractivity contribution in [3.63, 3.8) is 0 Å². The molecule has 2 heterocycles. The van der Waals surface area contributed by atoms with Crippen molar-refractivity contribution in [1.29, 1.82) is 0 Å². The molecule has 2 aromatic carbocycles. The van der Waals surface area contributed by atoms with Crippen molar-refractivity contribution in [1.82, 2.24) is 9.88 Å². The molecule has 5 nitrogen and oxygen atoms in total. The molecule has 0 atom stereocenters. The second kappa shape index (κ2) is 9.61. The molecule has 0 radical (unpaired) electrons. The number of ether oxygens (including phenoxy) is 1. The van der Waals surface area contributed by atoms with Gasteiger partial charge in [-0.25, -0.2) is 4.98 Å². The van der Waals surface area contributed by atoms with Crippen LogP contribution in [-0.4, -0.2) is 36.0 Å². The summed E-state index contributed by atoms with van der Waals surface area (Å²) in [6.45, 7) is 1.69. The van der Waals surface area contributed by atoms with Gasteiger partial charge in [-0.05, 0) is 55.0 Å². The molecule has 156 valence electrons. The van der Waals surface area contributed by atoms with Crippen molar-refractivity contribution in [3.05, 3.63) is 72.2 Å². The first-order valence-corrected chi connectivity index (χ1v) is 10.6. The summed E-state index contributed by atoms with van der Waals surface area (Å²) in [4.78, 5) is 19.0. The van der Waals surface area contributed by atoms with Crippen LogP contribution >= 0.6 is 0 Å². The van der Waals surface area contributed by atoms with E-state index in [2.05, 4.69) is 35.3 Å². The monoisotopic (exact) mass is 404 g/mol. The average molecular weight is 405 g/mol. The van der Waals surface area contributed by atoms with Crippen LogP contribution in [0, 0.1) is 5.92 Å². The van der Waals surface area contributed by atoms with Gasteiger partial charge in [-0.2, -0.15) is 0 Å². The second-order valence-corrected chi connectivity index (χ2v) is 7.86. The lowest BCUT2D eigenvalue weighted by Gasteiger charge is -2.32. The normalized spacial score (nSPS) is 14.6. The minimum atomic E-state index is 0.192. The highest BCUT2D eigenvalue weighted by molar-refractivity contribution is 5.76. The van der Waals surface area contributed by atoms with Crippen LogP contribution in [0.1, 0.15) is 30.7 Å². The summed E-state index contributed by atoms with van der Waals surface area (Å²) in [5.74, 6) is 2.97. The third-order valence-electron chi connectivity index (χ3n) is 5.82. The Labute approximate surface area is 177 Å². The number of carbonyl (C=O) groups is 1. The fourth-order valence-corrected chi connectivity index (χ4v) is 4.02. The number of aromatic nitrogens is 1. The minimum absolute atomic E-state index is 0.192. The van der Waals surface area contributed by atoms with Crippen molar-refractivity contribution in [2.75, 3.05) is 20.2 Å². The highest BCUT2D eigenvalue weighted by Gasteiger charge is 2.23. The fourth-order valence-electron chi connectivity index (χ4n) is 4.02. The van der Waals surface area contributed by atoms with E-state index < -0.39 is 0 Å². The first-order valence-electron chi connectivity index (χ1n) is 10.6. The van der Waals surface area contributed by atoms with Gasteiger partial charge in [-0.15, -0.1) is 0 Å². The number of likely N-dealkylation sites (tertiary alicyclic amines) is 1. The molecule has 5 heteroatoms. The molecule has 1 amide bonds. The summed E-state index contributed by atoms with van der Waals surface area (Å²) in [7, 11) is 1.64. The van der Waals surface area contributed by atoms with E-state index in [9.17, 15) is 4.79 Å². The molecule has 1 aromatic heterocycles. The van der Waals surface area contributed by atoms with E-state index >= 15 is 0 Å². The summed E-state index contributed by atoms with van der Waals surface area (Å²) in [5.41, 5.74) is 2.33. The van der Waals surface area contributed by atoms with E-state index in [1.807, 2.05) is 29.2 Å². The lowest BCUT2D eigenvalue weighted by molar-refractivity contribution is -0.132. The number of piperidine rings is 1. The van der Waals surface area contributed by atoms with Gasteiger partial charge in [0.15, 0.2) is 11.7 Å². The molecule has 0 saturated carbocycles. The van der Waals surface area contributed by atoms with Crippen molar-refractivity contribution in [2.45, 2.75) is 32.1 Å². The number of oxazole rings is 1. The van der Waals surface area contributed by atoms with Crippen LogP contribution in [0.25, 0.3) is 11.3 Å². The van der Waals surface area contributed by atoms with Gasteiger partial charge in [0.05, 0.1) is 13.3 Å². The fraction of sp³-hybridized carbons (Fsp3) is 0.360. The molecule has 0 spiro atoms. The van der Waals surface area contributed by atoms with Crippen molar-refractivity contribution >= 4 is 5.91 Å². The van der Waals surface area contributed by atoms with Gasteiger partial charge < -0.3 is 14.1 Å². The Morgan fingerprint density at radius 1 is 1.10 bits per heavy atom. The van der Waals surface area contributed by atoms with Gasteiger partial charge in [-0.3, -0.25) is 4.79 Å². The van der Waals surface area contributed by atoms with Crippen LogP contribution in [0.5, 0.6) is 5.75 Å². The van der Waals surface area contributed by atoms with Gasteiger partial charge in [-0.1, -0.05) is 30.3 Å². The summed E-state index contributed by atoms with van der Waals surface area (Å²) in [5, 5.41) is 0. The maximum absolute atomic E-state index is 12.6. The molecule has 4 rings (SSSR count). The highest BCUT2D eigenvalue weighted by atomic mass is 16.5. The molecule has 1 saturated heterocycles. The van der Waals surface area contributed by atoms with Gasteiger partial charge in [0, 0.05) is 31.5 Å². The number of amides is 1. The average Bonchev–Trinajstić information content (AvgIpc) is 3.28. The molecular formula is C25H28N2O3. The maximum atomic E-state index is 12.6. The number of hydrogen-bond donors (Lipinski definition) is 0. The predicted molar refractivity (Wildman–Crippen MR) is 116 cm³/mol.